The Morgan fingerprint density at radius 2 is 1.48 bits per heavy atom. The van der Waals surface area contributed by atoms with E-state index in [2.05, 4.69) is 10.6 Å². The van der Waals surface area contributed by atoms with Gasteiger partial charge in [-0.2, -0.15) is 0 Å². The molecule has 23 heavy (non-hydrogen) atoms. The van der Waals surface area contributed by atoms with Crippen molar-refractivity contribution in [3.8, 4) is 5.75 Å². The molecule has 0 aliphatic heterocycles. The van der Waals surface area contributed by atoms with Crippen molar-refractivity contribution in [3.63, 3.8) is 0 Å². The van der Waals surface area contributed by atoms with E-state index in [9.17, 15) is 9.59 Å². The number of hydrogen-bond acceptors (Lipinski definition) is 3. The molecule has 0 aliphatic carbocycles. The third kappa shape index (κ3) is 5.47. The standard InChI is InChI=1S/C18H20N2O3/c1-13(21)19-18(20-14(2)22)16-8-10-17(11-9-16)23-12-15-6-4-3-5-7-15/h3-11,18H,12H2,1-2H3,(H,19,21)(H,20,22). The summed E-state index contributed by atoms with van der Waals surface area (Å²) in [5.41, 5.74) is 1.87. The van der Waals surface area contributed by atoms with E-state index in [-0.39, 0.29) is 11.8 Å². The van der Waals surface area contributed by atoms with Crippen LogP contribution in [-0.4, -0.2) is 11.8 Å². The molecular weight excluding hydrogens is 292 g/mol. The Bertz CT molecular complexity index is 638. The number of rotatable bonds is 6. The molecule has 2 rings (SSSR count). The van der Waals surface area contributed by atoms with Gasteiger partial charge in [-0.3, -0.25) is 9.59 Å². The SMILES string of the molecule is CC(=O)NC(NC(C)=O)c1ccc(OCc2ccccc2)cc1. The van der Waals surface area contributed by atoms with Gasteiger partial charge in [0.15, 0.2) is 0 Å². The minimum Gasteiger partial charge on any atom is -0.489 e. The fourth-order valence-electron chi connectivity index (χ4n) is 2.11. The zero-order valence-corrected chi connectivity index (χ0v) is 13.2. The van der Waals surface area contributed by atoms with E-state index in [0.717, 1.165) is 16.9 Å². The van der Waals surface area contributed by atoms with Crippen molar-refractivity contribution >= 4 is 11.8 Å². The van der Waals surface area contributed by atoms with Crippen molar-refractivity contribution < 1.29 is 14.3 Å². The number of benzene rings is 2. The van der Waals surface area contributed by atoms with Gasteiger partial charge < -0.3 is 15.4 Å². The molecule has 0 fully saturated rings. The van der Waals surface area contributed by atoms with Crippen LogP contribution in [0.25, 0.3) is 0 Å². The van der Waals surface area contributed by atoms with Crippen LogP contribution < -0.4 is 15.4 Å². The molecule has 5 heteroatoms. The summed E-state index contributed by atoms with van der Waals surface area (Å²) in [5.74, 6) is 0.295. The smallest absolute Gasteiger partial charge is 0.218 e. The quantitative estimate of drug-likeness (QED) is 0.806. The first-order chi connectivity index (χ1) is 11.0. The van der Waals surface area contributed by atoms with Gasteiger partial charge >= 0.3 is 0 Å². The Morgan fingerprint density at radius 3 is 2.00 bits per heavy atom. The van der Waals surface area contributed by atoms with Crippen molar-refractivity contribution in [2.24, 2.45) is 0 Å². The summed E-state index contributed by atoms with van der Waals surface area (Å²) in [6, 6.07) is 17.1. The maximum absolute atomic E-state index is 11.2. The second-order valence-electron chi connectivity index (χ2n) is 5.18. The molecule has 2 amide bonds. The molecular formula is C18H20N2O3. The van der Waals surface area contributed by atoms with Gasteiger partial charge in [0.25, 0.3) is 0 Å². The molecule has 0 atom stereocenters. The van der Waals surface area contributed by atoms with Crippen LogP contribution in [0.3, 0.4) is 0 Å². The van der Waals surface area contributed by atoms with Crippen molar-refractivity contribution in [3.05, 3.63) is 65.7 Å². The summed E-state index contributed by atoms with van der Waals surface area (Å²) in [6.45, 7) is 3.30. The molecule has 0 saturated carbocycles. The summed E-state index contributed by atoms with van der Waals surface area (Å²) in [5, 5.41) is 5.39. The van der Waals surface area contributed by atoms with E-state index in [0.29, 0.717) is 6.61 Å². The topological polar surface area (TPSA) is 67.4 Å². The summed E-state index contributed by atoms with van der Waals surface area (Å²) >= 11 is 0. The molecule has 120 valence electrons. The highest BCUT2D eigenvalue weighted by molar-refractivity contribution is 5.76. The van der Waals surface area contributed by atoms with E-state index < -0.39 is 6.17 Å². The van der Waals surface area contributed by atoms with Crippen molar-refractivity contribution in [1.82, 2.24) is 10.6 Å². The Labute approximate surface area is 135 Å². The average molecular weight is 312 g/mol. The fourth-order valence-corrected chi connectivity index (χ4v) is 2.11. The van der Waals surface area contributed by atoms with Crippen LogP contribution in [0.15, 0.2) is 54.6 Å². The molecule has 0 saturated heterocycles. The molecule has 0 unspecified atom stereocenters. The van der Waals surface area contributed by atoms with E-state index in [1.54, 1.807) is 0 Å². The van der Waals surface area contributed by atoms with Crippen molar-refractivity contribution in [2.75, 3.05) is 0 Å². The molecule has 0 heterocycles. The van der Waals surface area contributed by atoms with Crippen LogP contribution in [0.4, 0.5) is 0 Å². The van der Waals surface area contributed by atoms with Gasteiger partial charge in [-0.25, -0.2) is 0 Å². The lowest BCUT2D eigenvalue weighted by Crippen LogP contribution is -2.39. The molecule has 2 N–H and O–H groups in total. The van der Waals surface area contributed by atoms with Gasteiger partial charge in [-0.05, 0) is 23.3 Å². The fraction of sp³-hybridized carbons (Fsp3) is 0.222. The van der Waals surface area contributed by atoms with Crippen molar-refractivity contribution in [2.45, 2.75) is 26.6 Å². The van der Waals surface area contributed by atoms with Crippen LogP contribution >= 0.6 is 0 Å². The number of amides is 2. The van der Waals surface area contributed by atoms with Crippen molar-refractivity contribution in [1.29, 1.82) is 0 Å². The Kier molecular flexibility index (Phi) is 5.74. The molecule has 0 aromatic heterocycles. The predicted molar refractivity (Wildman–Crippen MR) is 87.6 cm³/mol. The Hall–Kier alpha value is -2.82. The zero-order valence-electron chi connectivity index (χ0n) is 13.2. The second kappa shape index (κ2) is 7.98. The number of carbonyl (C=O) groups is 2. The lowest BCUT2D eigenvalue weighted by atomic mass is 10.1. The third-order valence-electron chi connectivity index (χ3n) is 3.16. The first kappa shape index (κ1) is 16.5. The van der Waals surface area contributed by atoms with E-state index in [4.69, 9.17) is 4.74 Å². The molecule has 0 radical (unpaired) electrons. The van der Waals surface area contributed by atoms with Gasteiger partial charge in [0.2, 0.25) is 11.8 Å². The summed E-state index contributed by atoms with van der Waals surface area (Å²) in [4.78, 5) is 22.5. The maximum atomic E-state index is 11.2. The van der Waals surface area contributed by atoms with E-state index in [1.807, 2.05) is 54.6 Å². The lowest BCUT2D eigenvalue weighted by molar-refractivity contribution is -0.122. The second-order valence-corrected chi connectivity index (χ2v) is 5.18. The highest BCUT2D eigenvalue weighted by Gasteiger charge is 2.13. The highest BCUT2D eigenvalue weighted by atomic mass is 16.5. The average Bonchev–Trinajstić information content (AvgIpc) is 2.53. The van der Waals surface area contributed by atoms with Crippen LogP contribution in [0, 0.1) is 0 Å². The monoisotopic (exact) mass is 312 g/mol. The van der Waals surface area contributed by atoms with Gasteiger partial charge in [0, 0.05) is 13.8 Å². The minimum absolute atomic E-state index is 0.215. The number of hydrogen-bond donors (Lipinski definition) is 2. The summed E-state index contributed by atoms with van der Waals surface area (Å²) in [7, 11) is 0. The van der Waals surface area contributed by atoms with E-state index >= 15 is 0 Å². The molecule has 2 aromatic rings. The highest BCUT2D eigenvalue weighted by Crippen LogP contribution is 2.18. The first-order valence-corrected chi connectivity index (χ1v) is 7.35. The largest absolute Gasteiger partial charge is 0.489 e. The first-order valence-electron chi connectivity index (χ1n) is 7.35. The number of carbonyl (C=O) groups excluding carboxylic acids is 2. The third-order valence-corrected chi connectivity index (χ3v) is 3.16. The molecule has 2 aromatic carbocycles. The van der Waals surface area contributed by atoms with Crippen LogP contribution in [0.2, 0.25) is 0 Å². The normalized spacial score (nSPS) is 10.2. The molecule has 0 bridgehead atoms. The maximum Gasteiger partial charge on any atom is 0.218 e. The summed E-state index contributed by atoms with van der Waals surface area (Å²) in [6.07, 6.45) is -0.548. The predicted octanol–water partition coefficient (Wildman–Crippen LogP) is 2.54. The van der Waals surface area contributed by atoms with Crippen LogP contribution in [0.5, 0.6) is 5.75 Å². The lowest BCUT2D eigenvalue weighted by Gasteiger charge is -2.19. The van der Waals surface area contributed by atoms with Crippen LogP contribution in [-0.2, 0) is 16.2 Å². The zero-order chi connectivity index (χ0) is 16.7. The Morgan fingerprint density at radius 1 is 0.913 bits per heavy atom. The van der Waals surface area contributed by atoms with Gasteiger partial charge in [0.1, 0.15) is 18.5 Å². The van der Waals surface area contributed by atoms with Gasteiger partial charge in [-0.1, -0.05) is 42.5 Å². The number of nitrogens with one attached hydrogen (secondary N) is 2. The van der Waals surface area contributed by atoms with Gasteiger partial charge in [0.05, 0.1) is 0 Å². The molecule has 0 aliphatic rings. The molecule has 5 nitrogen and oxygen atoms in total. The number of ether oxygens (including phenoxy) is 1. The molecule has 0 spiro atoms. The van der Waals surface area contributed by atoms with Gasteiger partial charge in [-0.15, -0.1) is 0 Å². The summed E-state index contributed by atoms with van der Waals surface area (Å²) < 4.78 is 5.71. The van der Waals surface area contributed by atoms with Crippen LogP contribution in [0.1, 0.15) is 31.1 Å². The Balaban J connectivity index is 2.01. The van der Waals surface area contributed by atoms with E-state index in [1.165, 1.54) is 13.8 Å². The minimum atomic E-state index is -0.548.